The molecule has 0 aliphatic rings. The first-order valence-electron chi connectivity index (χ1n) is 10.3. The van der Waals surface area contributed by atoms with Crippen LogP contribution in [0.4, 0.5) is 0 Å². The normalized spacial score (nSPS) is 11.1. The molecule has 5 aromatic rings. The van der Waals surface area contributed by atoms with Crippen LogP contribution >= 0.6 is 0 Å². The van der Waals surface area contributed by atoms with E-state index >= 15 is 0 Å². The predicted molar refractivity (Wildman–Crippen MR) is 129 cm³/mol. The summed E-state index contributed by atoms with van der Waals surface area (Å²) >= 11 is 0. The number of benzene rings is 5. The average Bonchev–Trinajstić information content (AvgIpc) is 2.77. The lowest BCUT2D eigenvalue weighted by atomic mass is 9.47. The summed E-state index contributed by atoms with van der Waals surface area (Å²) in [4.78, 5) is 0. The molecule has 0 amide bonds. The van der Waals surface area contributed by atoms with Crippen LogP contribution in [-0.4, -0.2) is 6.71 Å². The Kier molecular flexibility index (Phi) is 4.44. The van der Waals surface area contributed by atoms with Crippen molar-refractivity contribution in [1.82, 2.24) is 0 Å². The van der Waals surface area contributed by atoms with Crippen LogP contribution in [0.5, 0.6) is 0 Å². The maximum Gasteiger partial charge on any atom is 0.171 e. The van der Waals surface area contributed by atoms with E-state index in [4.69, 9.17) is 0 Å². The van der Waals surface area contributed by atoms with Crippen molar-refractivity contribution in [2.45, 2.75) is 13.6 Å². The van der Waals surface area contributed by atoms with Gasteiger partial charge < -0.3 is 0 Å². The van der Waals surface area contributed by atoms with Crippen molar-refractivity contribution in [3.63, 3.8) is 0 Å². The van der Waals surface area contributed by atoms with E-state index < -0.39 is 0 Å². The largest absolute Gasteiger partial charge is 0.171 e. The van der Waals surface area contributed by atoms with Crippen molar-refractivity contribution in [2.24, 2.45) is 0 Å². The molecular formula is C28H23B. The summed E-state index contributed by atoms with van der Waals surface area (Å²) < 4.78 is 0. The first kappa shape index (κ1) is 17.8. The topological polar surface area (TPSA) is 0 Å². The molecule has 0 unspecified atom stereocenters. The summed E-state index contributed by atoms with van der Waals surface area (Å²) in [5.74, 6) is 0. The quantitative estimate of drug-likeness (QED) is 0.231. The van der Waals surface area contributed by atoms with E-state index in [9.17, 15) is 0 Å². The summed E-state index contributed by atoms with van der Waals surface area (Å²) in [6, 6.07) is 37.3. The Morgan fingerprint density at radius 3 is 1.52 bits per heavy atom. The summed E-state index contributed by atoms with van der Waals surface area (Å²) in [5, 5.41) is 5.39. The van der Waals surface area contributed by atoms with Crippen molar-refractivity contribution < 1.29 is 0 Å². The van der Waals surface area contributed by atoms with Gasteiger partial charge in [0.2, 0.25) is 0 Å². The van der Waals surface area contributed by atoms with Gasteiger partial charge >= 0.3 is 0 Å². The molecule has 0 nitrogen and oxygen atoms in total. The standard InChI is InChI=1S/C28H23B/c1-29(2)28-25-17-8-6-15-23(25)27(24-16-7-9-18-26(24)28)22-14-10-13-21(19-22)20-11-4-3-5-12-20/h3-19H,1-2H3. The minimum Gasteiger partial charge on any atom is -0.0819 e. The van der Waals surface area contributed by atoms with Gasteiger partial charge in [0.05, 0.1) is 0 Å². The van der Waals surface area contributed by atoms with Crippen LogP contribution in [0.2, 0.25) is 13.6 Å². The molecule has 0 saturated heterocycles. The van der Waals surface area contributed by atoms with Crippen molar-refractivity contribution >= 4 is 33.7 Å². The number of rotatable bonds is 3. The molecule has 0 aliphatic carbocycles. The Morgan fingerprint density at radius 2 is 0.931 bits per heavy atom. The Labute approximate surface area is 172 Å². The monoisotopic (exact) mass is 370 g/mol. The van der Waals surface area contributed by atoms with Crippen LogP contribution < -0.4 is 5.46 Å². The molecule has 5 aromatic carbocycles. The summed E-state index contributed by atoms with van der Waals surface area (Å²) in [7, 11) is 0. The summed E-state index contributed by atoms with van der Waals surface area (Å²) in [6.07, 6.45) is 0. The number of hydrogen-bond acceptors (Lipinski definition) is 0. The molecule has 0 spiro atoms. The lowest BCUT2D eigenvalue weighted by Gasteiger charge is -2.19. The van der Waals surface area contributed by atoms with Gasteiger partial charge in [0.25, 0.3) is 0 Å². The third-order valence-electron chi connectivity index (χ3n) is 5.81. The molecule has 29 heavy (non-hydrogen) atoms. The second-order valence-corrected chi connectivity index (χ2v) is 7.98. The molecule has 0 bridgehead atoms. The van der Waals surface area contributed by atoms with Gasteiger partial charge in [-0.3, -0.25) is 0 Å². The van der Waals surface area contributed by atoms with Crippen LogP contribution in [0, 0.1) is 0 Å². The van der Waals surface area contributed by atoms with Crippen LogP contribution in [-0.2, 0) is 0 Å². The molecule has 0 N–H and O–H groups in total. The van der Waals surface area contributed by atoms with Crippen molar-refractivity contribution in [1.29, 1.82) is 0 Å². The van der Waals surface area contributed by atoms with Gasteiger partial charge in [0, 0.05) is 0 Å². The highest BCUT2D eigenvalue weighted by Gasteiger charge is 2.18. The second-order valence-electron chi connectivity index (χ2n) is 7.98. The van der Waals surface area contributed by atoms with Gasteiger partial charge in [-0.15, -0.1) is 0 Å². The Balaban J connectivity index is 1.88. The Morgan fingerprint density at radius 1 is 0.448 bits per heavy atom. The first-order chi connectivity index (χ1) is 14.2. The van der Waals surface area contributed by atoms with Gasteiger partial charge in [-0.05, 0) is 49.9 Å². The van der Waals surface area contributed by atoms with Gasteiger partial charge in [0.1, 0.15) is 0 Å². The van der Waals surface area contributed by atoms with E-state index in [1.807, 2.05) is 0 Å². The zero-order chi connectivity index (χ0) is 19.8. The maximum atomic E-state index is 2.33. The molecule has 0 fully saturated rings. The lowest BCUT2D eigenvalue weighted by Crippen LogP contribution is -2.24. The van der Waals surface area contributed by atoms with Crippen LogP contribution in [0.3, 0.4) is 0 Å². The summed E-state index contributed by atoms with van der Waals surface area (Å²) in [5.41, 5.74) is 6.55. The third kappa shape index (κ3) is 3.04. The van der Waals surface area contributed by atoms with Crippen LogP contribution in [0.1, 0.15) is 0 Å². The second kappa shape index (κ2) is 7.26. The van der Waals surface area contributed by atoms with E-state index in [2.05, 4.69) is 117 Å². The minimum atomic E-state index is 0.467. The molecular weight excluding hydrogens is 347 g/mol. The van der Waals surface area contributed by atoms with Gasteiger partial charge in [-0.25, -0.2) is 0 Å². The average molecular weight is 370 g/mol. The van der Waals surface area contributed by atoms with E-state index in [0.29, 0.717) is 6.71 Å². The lowest BCUT2D eigenvalue weighted by molar-refractivity contribution is 1.61. The molecule has 0 heterocycles. The van der Waals surface area contributed by atoms with Crippen molar-refractivity contribution in [3.8, 4) is 22.3 Å². The van der Waals surface area contributed by atoms with Crippen molar-refractivity contribution in [2.75, 3.05) is 0 Å². The molecule has 5 rings (SSSR count). The van der Waals surface area contributed by atoms with E-state index in [1.165, 1.54) is 49.3 Å². The fourth-order valence-corrected chi connectivity index (χ4v) is 4.58. The van der Waals surface area contributed by atoms with Crippen LogP contribution in [0.15, 0.2) is 103 Å². The molecule has 1 heteroatoms. The van der Waals surface area contributed by atoms with E-state index in [1.54, 1.807) is 0 Å². The fraction of sp³-hybridized carbons (Fsp3) is 0.0714. The molecule has 0 aromatic heterocycles. The SMILES string of the molecule is CB(C)c1c2ccccc2c(-c2cccc(-c3ccccc3)c2)c2ccccc12. The Bertz CT molecular complexity index is 1260. The summed E-state index contributed by atoms with van der Waals surface area (Å²) in [6.45, 7) is 5.06. The highest BCUT2D eigenvalue weighted by molar-refractivity contribution is 6.76. The van der Waals surface area contributed by atoms with Crippen LogP contribution in [0.25, 0.3) is 43.8 Å². The molecule has 0 atom stereocenters. The Hall–Kier alpha value is -3.32. The number of fused-ring (bicyclic) bond motifs is 2. The van der Waals surface area contributed by atoms with E-state index in [0.717, 1.165) is 0 Å². The van der Waals surface area contributed by atoms with Gasteiger partial charge in [-0.2, -0.15) is 0 Å². The van der Waals surface area contributed by atoms with Gasteiger partial charge in [-0.1, -0.05) is 116 Å². The molecule has 0 saturated carbocycles. The predicted octanol–water partition coefficient (Wildman–Crippen LogP) is 7.29. The van der Waals surface area contributed by atoms with Crippen molar-refractivity contribution in [3.05, 3.63) is 103 Å². The highest BCUT2D eigenvalue weighted by atomic mass is 14.2. The van der Waals surface area contributed by atoms with E-state index in [-0.39, 0.29) is 0 Å². The highest BCUT2D eigenvalue weighted by Crippen LogP contribution is 2.37. The van der Waals surface area contributed by atoms with Gasteiger partial charge in [0.15, 0.2) is 6.71 Å². The molecule has 138 valence electrons. The first-order valence-corrected chi connectivity index (χ1v) is 10.3. The smallest absolute Gasteiger partial charge is 0.0819 e. The zero-order valence-corrected chi connectivity index (χ0v) is 16.9. The maximum absolute atomic E-state index is 2.33. The molecule has 0 aliphatic heterocycles. The third-order valence-corrected chi connectivity index (χ3v) is 5.81. The minimum absolute atomic E-state index is 0.467. The fourth-order valence-electron chi connectivity index (χ4n) is 4.58. The number of hydrogen-bond donors (Lipinski definition) is 0. The molecule has 0 radical (unpaired) electrons. The zero-order valence-electron chi connectivity index (χ0n) is 16.9.